The van der Waals surface area contributed by atoms with Crippen LogP contribution >= 0.6 is 11.3 Å². The van der Waals surface area contributed by atoms with Gasteiger partial charge in [-0.05, 0) is 25.5 Å². The number of hydrogen-bond donors (Lipinski definition) is 1. The maximum atomic E-state index is 12.6. The molecule has 120 valence electrons. The molecular formula is C15H15N3O3S2. The molecule has 23 heavy (non-hydrogen) atoms. The lowest BCUT2D eigenvalue weighted by atomic mass is 10.0. The molecule has 8 heteroatoms. The summed E-state index contributed by atoms with van der Waals surface area (Å²) in [6.07, 6.45) is 1.65. The van der Waals surface area contributed by atoms with Crippen molar-refractivity contribution < 1.29 is 13.2 Å². The Labute approximate surface area is 138 Å². The number of aromatic nitrogens is 1. The molecule has 0 aliphatic carbocycles. The van der Waals surface area contributed by atoms with Gasteiger partial charge < -0.3 is 0 Å². The third-order valence-electron chi connectivity index (χ3n) is 3.66. The molecule has 0 fully saturated rings. The number of thiazole rings is 1. The quantitative estimate of drug-likeness (QED) is 0.903. The van der Waals surface area contributed by atoms with Gasteiger partial charge in [0.15, 0.2) is 5.13 Å². The van der Waals surface area contributed by atoms with Crippen LogP contribution in [0.4, 0.5) is 5.13 Å². The average molecular weight is 349 g/mol. The number of allylic oxidation sites excluding steroid dienone is 1. The van der Waals surface area contributed by atoms with E-state index in [1.807, 2.05) is 6.92 Å². The molecule has 3 rings (SSSR count). The largest absolute Gasteiger partial charge is 0.297 e. The van der Waals surface area contributed by atoms with Gasteiger partial charge in [-0.15, -0.1) is 11.3 Å². The van der Waals surface area contributed by atoms with Crippen LogP contribution < -0.4 is 5.32 Å². The van der Waals surface area contributed by atoms with Crippen molar-refractivity contribution in [1.82, 2.24) is 9.29 Å². The molecule has 1 N–H and O–H groups in total. The van der Waals surface area contributed by atoms with Crippen LogP contribution in [0.3, 0.4) is 0 Å². The van der Waals surface area contributed by atoms with Gasteiger partial charge in [0, 0.05) is 23.7 Å². The van der Waals surface area contributed by atoms with Crippen molar-refractivity contribution in [1.29, 1.82) is 0 Å². The average Bonchev–Trinajstić information content (AvgIpc) is 2.91. The van der Waals surface area contributed by atoms with Gasteiger partial charge in [0.2, 0.25) is 0 Å². The zero-order valence-corrected chi connectivity index (χ0v) is 14.5. The van der Waals surface area contributed by atoms with Crippen LogP contribution in [-0.2, 0) is 14.8 Å². The summed E-state index contributed by atoms with van der Waals surface area (Å²) in [5.74, 6) is -0.488. The smallest absolute Gasteiger partial charge is 0.275 e. The highest BCUT2D eigenvalue weighted by atomic mass is 32.2. The predicted molar refractivity (Wildman–Crippen MR) is 89.5 cm³/mol. The van der Waals surface area contributed by atoms with Crippen molar-refractivity contribution in [3.63, 3.8) is 0 Å². The van der Waals surface area contributed by atoms with Crippen LogP contribution in [0.1, 0.15) is 17.4 Å². The number of hydrogen-bond acceptors (Lipinski definition) is 5. The van der Waals surface area contributed by atoms with Crippen molar-refractivity contribution >= 4 is 38.0 Å². The summed E-state index contributed by atoms with van der Waals surface area (Å²) >= 11 is 1.33. The number of benzene rings is 1. The standard InChI is InChI=1S/C15H15N3O3S2/c1-9-8-16-15(22-9)17-14(19)13-10(2)11-6-4-5-7-12(11)23(20,21)18(13)3/h4-8H,1-3H3,(H,16,17,19). The molecule has 0 bridgehead atoms. The third-order valence-corrected chi connectivity index (χ3v) is 6.30. The monoisotopic (exact) mass is 349 g/mol. The third kappa shape index (κ3) is 2.53. The van der Waals surface area contributed by atoms with E-state index in [1.165, 1.54) is 18.4 Å². The van der Waals surface area contributed by atoms with Crippen LogP contribution in [0.2, 0.25) is 0 Å². The molecule has 0 unspecified atom stereocenters. The van der Waals surface area contributed by atoms with Crippen molar-refractivity contribution in [2.45, 2.75) is 18.7 Å². The molecule has 1 aliphatic heterocycles. The molecule has 0 atom stereocenters. The summed E-state index contributed by atoms with van der Waals surface area (Å²) < 4.78 is 26.3. The lowest BCUT2D eigenvalue weighted by Crippen LogP contribution is -2.36. The van der Waals surface area contributed by atoms with Crippen molar-refractivity contribution in [2.24, 2.45) is 0 Å². The van der Waals surface area contributed by atoms with Crippen molar-refractivity contribution in [2.75, 3.05) is 12.4 Å². The number of likely N-dealkylation sites (N-methyl/N-ethyl adjacent to an activating group) is 1. The number of fused-ring (bicyclic) bond motifs is 1. The Kier molecular flexibility index (Phi) is 3.73. The maximum Gasteiger partial charge on any atom is 0.275 e. The Hall–Kier alpha value is -2.19. The lowest BCUT2D eigenvalue weighted by molar-refractivity contribution is -0.113. The highest BCUT2D eigenvalue weighted by Crippen LogP contribution is 2.35. The van der Waals surface area contributed by atoms with Crippen LogP contribution in [0.5, 0.6) is 0 Å². The van der Waals surface area contributed by atoms with E-state index in [4.69, 9.17) is 0 Å². The minimum atomic E-state index is -3.74. The second-order valence-corrected chi connectivity index (χ2v) is 8.34. The van der Waals surface area contributed by atoms with Gasteiger partial charge in [0.25, 0.3) is 15.9 Å². The van der Waals surface area contributed by atoms with Crippen LogP contribution in [0.15, 0.2) is 41.1 Å². The molecule has 0 spiro atoms. The normalized spacial score (nSPS) is 16.2. The van der Waals surface area contributed by atoms with E-state index in [2.05, 4.69) is 10.3 Å². The van der Waals surface area contributed by atoms with Gasteiger partial charge in [-0.25, -0.2) is 13.4 Å². The van der Waals surface area contributed by atoms with Crippen LogP contribution in [0, 0.1) is 6.92 Å². The van der Waals surface area contributed by atoms with Gasteiger partial charge in [0.05, 0.1) is 4.90 Å². The Morgan fingerprint density at radius 3 is 2.61 bits per heavy atom. The molecule has 0 saturated heterocycles. The summed E-state index contributed by atoms with van der Waals surface area (Å²) in [6.45, 7) is 3.62. The SMILES string of the molecule is CC1=C(C(=O)Nc2ncc(C)s2)N(C)S(=O)(=O)c2ccccc21. The summed E-state index contributed by atoms with van der Waals surface area (Å²) in [5, 5.41) is 3.11. The zero-order chi connectivity index (χ0) is 16.8. The van der Waals surface area contributed by atoms with Crippen molar-refractivity contribution in [3.05, 3.63) is 46.6 Å². The Bertz CT molecular complexity index is 929. The van der Waals surface area contributed by atoms with Gasteiger partial charge in [-0.2, -0.15) is 0 Å². The molecule has 2 heterocycles. The number of amides is 1. The second-order valence-electron chi connectivity index (χ2n) is 5.17. The minimum Gasteiger partial charge on any atom is -0.297 e. The van der Waals surface area contributed by atoms with Gasteiger partial charge in [-0.1, -0.05) is 18.2 Å². The van der Waals surface area contributed by atoms with E-state index in [0.29, 0.717) is 16.3 Å². The topological polar surface area (TPSA) is 79.4 Å². The Morgan fingerprint density at radius 2 is 1.96 bits per heavy atom. The highest BCUT2D eigenvalue weighted by Gasteiger charge is 2.35. The van der Waals surface area contributed by atoms with E-state index in [9.17, 15) is 13.2 Å². The number of nitrogens with one attached hydrogen (secondary N) is 1. The van der Waals surface area contributed by atoms with E-state index < -0.39 is 15.9 Å². The number of aryl methyl sites for hydroxylation is 1. The summed E-state index contributed by atoms with van der Waals surface area (Å²) in [6, 6.07) is 6.67. The van der Waals surface area contributed by atoms with Crippen LogP contribution in [-0.4, -0.2) is 30.7 Å². The maximum absolute atomic E-state index is 12.6. The minimum absolute atomic E-state index is 0.108. The fraction of sp³-hybridized carbons (Fsp3) is 0.200. The Balaban J connectivity index is 2.09. The predicted octanol–water partition coefficient (Wildman–Crippen LogP) is 2.46. The molecule has 1 amide bonds. The molecule has 6 nitrogen and oxygen atoms in total. The van der Waals surface area contributed by atoms with Gasteiger partial charge in [0.1, 0.15) is 5.70 Å². The number of nitrogens with zero attached hydrogens (tertiary/aromatic N) is 2. The fourth-order valence-corrected chi connectivity index (χ4v) is 4.68. The molecule has 0 radical (unpaired) electrons. The number of anilines is 1. The first kappa shape index (κ1) is 15.7. The van der Waals surface area contributed by atoms with E-state index in [0.717, 1.165) is 9.18 Å². The lowest BCUT2D eigenvalue weighted by Gasteiger charge is -2.29. The number of carbonyl (C=O) groups is 1. The molecule has 1 aliphatic rings. The summed E-state index contributed by atoms with van der Waals surface area (Å²) in [5.41, 5.74) is 1.27. The number of rotatable bonds is 2. The molecule has 2 aromatic rings. The van der Waals surface area contributed by atoms with Crippen molar-refractivity contribution in [3.8, 4) is 0 Å². The first-order chi connectivity index (χ1) is 10.8. The first-order valence-electron chi connectivity index (χ1n) is 6.85. The van der Waals surface area contributed by atoms with Gasteiger partial charge in [-0.3, -0.25) is 14.4 Å². The Morgan fingerprint density at radius 1 is 1.26 bits per heavy atom. The molecule has 0 saturated carbocycles. The second kappa shape index (κ2) is 5.47. The van der Waals surface area contributed by atoms with E-state index in [1.54, 1.807) is 37.4 Å². The van der Waals surface area contributed by atoms with E-state index in [-0.39, 0.29) is 10.6 Å². The summed E-state index contributed by atoms with van der Waals surface area (Å²) in [7, 11) is -2.35. The van der Waals surface area contributed by atoms with E-state index >= 15 is 0 Å². The first-order valence-corrected chi connectivity index (χ1v) is 9.11. The number of sulfonamides is 1. The molecule has 1 aromatic heterocycles. The molecule has 1 aromatic carbocycles. The highest BCUT2D eigenvalue weighted by molar-refractivity contribution is 7.89. The van der Waals surface area contributed by atoms with Crippen LogP contribution in [0.25, 0.3) is 5.57 Å². The molecular weight excluding hydrogens is 334 g/mol. The van der Waals surface area contributed by atoms with Gasteiger partial charge >= 0.3 is 0 Å². The zero-order valence-electron chi connectivity index (χ0n) is 12.8. The number of carbonyl (C=O) groups excluding carboxylic acids is 1. The fourth-order valence-electron chi connectivity index (χ4n) is 2.51. The summed E-state index contributed by atoms with van der Waals surface area (Å²) in [4.78, 5) is 17.8.